The molecule has 0 saturated carbocycles. The van der Waals surface area contributed by atoms with Crippen LogP contribution in [0.15, 0.2) is 70.8 Å². The van der Waals surface area contributed by atoms with Crippen molar-refractivity contribution < 1.29 is 29.0 Å². The Balaban J connectivity index is 1.50. The molecular weight excluding hydrogens is 518 g/mol. The second kappa shape index (κ2) is 9.06. The number of rotatable bonds is 3. The summed E-state index contributed by atoms with van der Waals surface area (Å²) in [5.41, 5.74) is 3.78. The van der Waals surface area contributed by atoms with Crippen LogP contribution in [0.3, 0.4) is 0 Å². The summed E-state index contributed by atoms with van der Waals surface area (Å²) < 4.78 is 5.58. The Morgan fingerprint density at radius 2 is 1.77 bits per heavy atom. The summed E-state index contributed by atoms with van der Waals surface area (Å²) in [7, 11) is 1.47. The number of anilines is 1. The van der Waals surface area contributed by atoms with Crippen LogP contribution < -0.4 is 9.64 Å². The summed E-state index contributed by atoms with van der Waals surface area (Å²) in [5, 5.41) is 10.5. The standard InChI is InChI=1S/C31H26ClNO6/c1-14-4-5-16(11-23(14)32)33-30(37)20-9-8-18-21(27(20)31(33)38)13-22-28(24(35)10-15(2)29(22)36)26(18)19-7-6-17(34)12-25(19)39-3/h4-8,10-12,20-21,26-27,34H,9,13H2,1-3H3/t20-,21+,26+,27-/m0/s1. The van der Waals surface area contributed by atoms with E-state index in [1.165, 1.54) is 30.2 Å². The predicted octanol–water partition coefficient (Wildman–Crippen LogP) is 5.00. The van der Waals surface area contributed by atoms with Gasteiger partial charge in [-0.05, 0) is 62.4 Å². The number of Topliss-reactive ketones (excluding diaryl/α,β-unsaturated/α-hetero) is 1. The molecule has 7 nitrogen and oxygen atoms in total. The Labute approximate surface area is 230 Å². The Morgan fingerprint density at radius 3 is 2.49 bits per heavy atom. The van der Waals surface area contributed by atoms with Crippen LogP contribution in [0, 0.1) is 24.7 Å². The van der Waals surface area contributed by atoms with E-state index in [9.17, 15) is 24.3 Å². The number of hydrogen-bond acceptors (Lipinski definition) is 6. The van der Waals surface area contributed by atoms with Crippen LogP contribution in [-0.4, -0.2) is 35.6 Å². The van der Waals surface area contributed by atoms with Crippen molar-refractivity contribution in [2.75, 3.05) is 12.0 Å². The smallest absolute Gasteiger partial charge is 0.238 e. The number of allylic oxidation sites excluding steroid dienone is 6. The molecule has 2 amide bonds. The number of carbonyl (C=O) groups excluding carboxylic acids is 4. The Kier molecular flexibility index (Phi) is 5.88. The summed E-state index contributed by atoms with van der Waals surface area (Å²) in [6.45, 7) is 3.46. The van der Waals surface area contributed by atoms with Crippen molar-refractivity contribution in [3.05, 3.63) is 87.0 Å². The van der Waals surface area contributed by atoms with Gasteiger partial charge in [0, 0.05) is 39.3 Å². The summed E-state index contributed by atoms with van der Waals surface area (Å²) >= 11 is 6.33. The molecule has 39 heavy (non-hydrogen) atoms. The lowest BCUT2D eigenvalue weighted by Gasteiger charge is -2.42. The molecule has 0 spiro atoms. The molecule has 1 fully saturated rings. The minimum atomic E-state index is -0.689. The normalized spacial score (nSPS) is 26.2. The molecule has 2 aromatic rings. The molecule has 0 unspecified atom stereocenters. The number of imide groups is 1. The van der Waals surface area contributed by atoms with Gasteiger partial charge in [-0.15, -0.1) is 0 Å². The van der Waals surface area contributed by atoms with Gasteiger partial charge in [0.05, 0.1) is 24.6 Å². The number of aromatic hydroxyl groups is 1. The monoisotopic (exact) mass is 543 g/mol. The largest absolute Gasteiger partial charge is 0.508 e. The third-order valence-corrected chi connectivity index (χ3v) is 8.91. The van der Waals surface area contributed by atoms with Crippen molar-refractivity contribution in [1.82, 2.24) is 0 Å². The fourth-order valence-electron chi connectivity index (χ4n) is 6.65. The SMILES string of the molecule is COc1cc(O)ccc1[C@H]1C2=CC[C@@H]3C(=O)N(c4ccc(C)c(Cl)c4)C(=O)[C@@H]3[C@@H]2CC2=C1C(=O)C=C(C)C2=O. The number of aryl methyl sites for hydroxylation is 1. The van der Waals surface area contributed by atoms with E-state index >= 15 is 0 Å². The van der Waals surface area contributed by atoms with Crippen molar-refractivity contribution >= 4 is 40.7 Å². The number of nitrogens with zero attached hydrogens (tertiary/aromatic N) is 1. The lowest BCUT2D eigenvalue weighted by atomic mass is 9.59. The van der Waals surface area contributed by atoms with Crippen molar-refractivity contribution in [2.24, 2.45) is 17.8 Å². The van der Waals surface area contributed by atoms with Gasteiger partial charge < -0.3 is 9.84 Å². The number of amides is 2. The molecular formula is C31H26ClNO6. The van der Waals surface area contributed by atoms with Gasteiger partial charge in [-0.3, -0.25) is 19.2 Å². The van der Waals surface area contributed by atoms with Crippen molar-refractivity contribution in [2.45, 2.75) is 32.6 Å². The molecule has 198 valence electrons. The second-order valence-electron chi connectivity index (χ2n) is 10.6. The van der Waals surface area contributed by atoms with Gasteiger partial charge in [0.2, 0.25) is 11.8 Å². The fourth-order valence-corrected chi connectivity index (χ4v) is 6.83. The number of carbonyl (C=O) groups is 4. The molecule has 0 aromatic heterocycles. The summed E-state index contributed by atoms with van der Waals surface area (Å²) in [6.07, 6.45) is 3.83. The van der Waals surface area contributed by atoms with Crippen LogP contribution in [-0.2, 0) is 19.2 Å². The van der Waals surface area contributed by atoms with Gasteiger partial charge in [0.15, 0.2) is 11.6 Å². The Bertz CT molecular complexity index is 1600. The first-order chi connectivity index (χ1) is 18.6. The molecule has 1 saturated heterocycles. The van der Waals surface area contributed by atoms with Gasteiger partial charge in [-0.25, -0.2) is 4.90 Å². The molecule has 4 atom stereocenters. The van der Waals surface area contributed by atoms with Crippen LogP contribution in [0.5, 0.6) is 11.5 Å². The highest BCUT2D eigenvalue weighted by molar-refractivity contribution is 6.32. The zero-order valence-corrected chi connectivity index (χ0v) is 22.4. The second-order valence-corrected chi connectivity index (χ2v) is 11.0. The number of phenolic OH excluding ortho intramolecular Hbond substituents is 1. The van der Waals surface area contributed by atoms with E-state index in [2.05, 4.69) is 0 Å². The van der Waals surface area contributed by atoms with E-state index in [1.807, 2.05) is 13.0 Å². The average molecular weight is 544 g/mol. The molecule has 1 N–H and O–H groups in total. The maximum Gasteiger partial charge on any atom is 0.238 e. The number of ketones is 2. The minimum Gasteiger partial charge on any atom is -0.508 e. The van der Waals surface area contributed by atoms with Crippen molar-refractivity contribution in [1.29, 1.82) is 0 Å². The zero-order chi connectivity index (χ0) is 27.7. The topological polar surface area (TPSA) is 101 Å². The predicted molar refractivity (Wildman–Crippen MR) is 145 cm³/mol. The van der Waals surface area contributed by atoms with Crippen LogP contribution in [0.2, 0.25) is 5.02 Å². The zero-order valence-electron chi connectivity index (χ0n) is 21.7. The van der Waals surface area contributed by atoms with E-state index in [-0.39, 0.29) is 35.6 Å². The number of fused-ring (bicyclic) bond motifs is 3. The van der Waals surface area contributed by atoms with Crippen LogP contribution in [0.25, 0.3) is 0 Å². The molecule has 6 rings (SSSR count). The lowest BCUT2D eigenvalue weighted by Crippen LogP contribution is -2.39. The highest BCUT2D eigenvalue weighted by atomic mass is 35.5. The van der Waals surface area contributed by atoms with Crippen molar-refractivity contribution in [3.8, 4) is 11.5 Å². The summed E-state index contributed by atoms with van der Waals surface area (Å²) in [5.74, 6) is -3.12. The first-order valence-corrected chi connectivity index (χ1v) is 13.2. The number of phenols is 1. The maximum atomic E-state index is 14.0. The van der Waals surface area contributed by atoms with Gasteiger partial charge in [0.1, 0.15) is 11.5 Å². The van der Waals surface area contributed by atoms with Crippen molar-refractivity contribution in [3.63, 3.8) is 0 Å². The lowest BCUT2D eigenvalue weighted by molar-refractivity contribution is -0.123. The molecule has 8 heteroatoms. The number of ether oxygens (including phenoxy) is 1. The molecule has 0 bridgehead atoms. The minimum absolute atomic E-state index is 0.000561. The molecule has 2 aromatic carbocycles. The molecule has 1 aliphatic heterocycles. The van der Waals surface area contributed by atoms with E-state index in [1.54, 1.807) is 31.2 Å². The van der Waals surface area contributed by atoms with Gasteiger partial charge in [0.25, 0.3) is 0 Å². The van der Waals surface area contributed by atoms with Gasteiger partial charge in [-0.1, -0.05) is 35.4 Å². The number of halogens is 1. The van der Waals surface area contributed by atoms with Gasteiger partial charge >= 0.3 is 0 Å². The highest BCUT2D eigenvalue weighted by Crippen LogP contribution is 2.56. The number of benzene rings is 2. The molecule has 3 aliphatic carbocycles. The first-order valence-electron chi connectivity index (χ1n) is 12.8. The summed E-state index contributed by atoms with van der Waals surface area (Å²) in [6, 6.07) is 9.78. The average Bonchev–Trinajstić information content (AvgIpc) is 3.17. The molecule has 1 heterocycles. The van der Waals surface area contributed by atoms with Crippen LogP contribution in [0.1, 0.15) is 36.8 Å². The van der Waals surface area contributed by atoms with E-state index in [0.29, 0.717) is 45.2 Å². The highest BCUT2D eigenvalue weighted by Gasteiger charge is 2.56. The van der Waals surface area contributed by atoms with Crippen LogP contribution >= 0.6 is 11.6 Å². The number of hydrogen-bond donors (Lipinski definition) is 1. The first kappa shape index (κ1) is 25.3. The molecule has 4 aliphatic rings. The number of methoxy groups -OCH3 is 1. The van der Waals surface area contributed by atoms with Crippen LogP contribution in [0.4, 0.5) is 5.69 Å². The van der Waals surface area contributed by atoms with E-state index in [0.717, 1.165) is 11.1 Å². The summed E-state index contributed by atoms with van der Waals surface area (Å²) in [4.78, 5) is 55.6. The van der Waals surface area contributed by atoms with Gasteiger partial charge in [-0.2, -0.15) is 0 Å². The Hall–Kier alpha value is -3.97. The Morgan fingerprint density at radius 1 is 1.00 bits per heavy atom. The third-order valence-electron chi connectivity index (χ3n) is 8.50. The van der Waals surface area contributed by atoms with E-state index < -0.39 is 23.7 Å². The fraction of sp³-hybridized carbons (Fsp3) is 0.290. The quantitative estimate of drug-likeness (QED) is 0.332. The molecule has 0 radical (unpaired) electrons. The maximum absolute atomic E-state index is 14.0. The third kappa shape index (κ3) is 3.71. The van der Waals surface area contributed by atoms with E-state index in [4.69, 9.17) is 16.3 Å².